The number of piperidine rings is 1. The van der Waals surface area contributed by atoms with E-state index in [4.69, 9.17) is 27.9 Å². The van der Waals surface area contributed by atoms with Crippen molar-refractivity contribution in [1.82, 2.24) is 15.5 Å². The normalized spacial score (nSPS) is 15.1. The first-order valence-electron chi connectivity index (χ1n) is 9.05. The van der Waals surface area contributed by atoms with Crippen LogP contribution in [0.1, 0.15) is 44.0 Å². The molecule has 1 aromatic carbocycles. The molecule has 0 unspecified atom stereocenters. The van der Waals surface area contributed by atoms with Gasteiger partial charge in [-0.15, -0.1) is 0 Å². The van der Waals surface area contributed by atoms with Crippen LogP contribution in [0.25, 0.3) is 0 Å². The summed E-state index contributed by atoms with van der Waals surface area (Å²) >= 11 is 11.8. The van der Waals surface area contributed by atoms with Crippen molar-refractivity contribution < 1.29 is 19.1 Å². The quantitative estimate of drug-likeness (QED) is 0.768. The van der Waals surface area contributed by atoms with Crippen molar-refractivity contribution in [3.63, 3.8) is 0 Å². The summed E-state index contributed by atoms with van der Waals surface area (Å²) in [7, 11) is 0. The molecule has 0 spiro atoms. The lowest BCUT2D eigenvalue weighted by atomic mass is 10.0. The van der Waals surface area contributed by atoms with Gasteiger partial charge in [0.15, 0.2) is 0 Å². The minimum Gasteiger partial charge on any atom is -0.444 e. The van der Waals surface area contributed by atoms with Gasteiger partial charge < -0.3 is 20.3 Å². The summed E-state index contributed by atoms with van der Waals surface area (Å²) in [6.07, 6.45) is 0.640. The molecule has 0 saturated carbocycles. The molecule has 1 aromatic rings. The number of alkyl carbamates (subject to hydrolysis) is 1. The molecule has 2 N–H and O–H groups in total. The molecule has 0 aromatic heterocycles. The molecule has 0 aliphatic carbocycles. The molecule has 1 heterocycles. The van der Waals surface area contributed by atoms with Crippen molar-refractivity contribution in [1.29, 1.82) is 0 Å². The lowest BCUT2D eigenvalue weighted by Crippen LogP contribution is -2.49. The number of benzene rings is 1. The molecular weight excluding hydrogens is 405 g/mol. The maximum atomic E-state index is 12.3. The fourth-order valence-corrected chi connectivity index (χ4v) is 3.05. The highest BCUT2D eigenvalue weighted by Crippen LogP contribution is 2.22. The predicted molar refractivity (Wildman–Crippen MR) is 108 cm³/mol. The second-order valence-electron chi connectivity index (χ2n) is 7.61. The number of amides is 3. The number of nitrogens with one attached hydrogen (secondary N) is 2. The zero-order valence-electron chi connectivity index (χ0n) is 16.2. The van der Waals surface area contributed by atoms with Crippen LogP contribution in [0.5, 0.6) is 0 Å². The van der Waals surface area contributed by atoms with Crippen molar-refractivity contribution >= 4 is 41.1 Å². The van der Waals surface area contributed by atoms with E-state index in [-0.39, 0.29) is 24.4 Å². The van der Waals surface area contributed by atoms with E-state index in [9.17, 15) is 14.4 Å². The molecule has 2 rings (SSSR count). The summed E-state index contributed by atoms with van der Waals surface area (Å²) in [5.74, 6) is -0.407. The van der Waals surface area contributed by atoms with Crippen LogP contribution in [-0.2, 0) is 9.53 Å². The molecule has 154 valence electrons. The topological polar surface area (TPSA) is 87.7 Å². The number of rotatable bonds is 4. The maximum Gasteiger partial charge on any atom is 0.408 e. The SMILES string of the molecule is CC(C)(C)OC(=O)NCC(=O)N1CCC(NC(=O)c2ccc(Cl)c(Cl)c2)CC1. The first-order chi connectivity index (χ1) is 13.0. The minimum atomic E-state index is -0.621. The molecule has 0 atom stereocenters. The van der Waals surface area contributed by atoms with E-state index in [0.29, 0.717) is 41.5 Å². The van der Waals surface area contributed by atoms with E-state index < -0.39 is 11.7 Å². The number of carbonyl (C=O) groups is 3. The second-order valence-corrected chi connectivity index (χ2v) is 8.43. The summed E-state index contributed by atoms with van der Waals surface area (Å²) in [6.45, 7) is 6.15. The van der Waals surface area contributed by atoms with E-state index in [1.54, 1.807) is 37.8 Å². The van der Waals surface area contributed by atoms with Gasteiger partial charge in [-0.1, -0.05) is 23.2 Å². The van der Waals surface area contributed by atoms with Gasteiger partial charge in [0.05, 0.1) is 10.0 Å². The summed E-state index contributed by atoms with van der Waals surface area (Å²) in [6, 6.07) is 4.69. The third kappa shape index (κ3) is 6.87. The Bertz CT molecular complexity index is 741. The van der Waals surface area contributed by atoms with Crippen molar-refractivity contribution in [2.24, 2.45) is 0 Å². The third-order valence-corrected chi connectivity index (χ3v) is 4.89. The van der Waals surface area contributed by atoms with E-state index in [1.807, 2.05) is 0 Å². The van der Waals surface area contributed by atoms with Crippen LogP contribution in [-0.4, -0.2) is 54.1 Å². The fraction of sp³-hybridized carbons (Fsp3) is 0.526. The smallest absolute Gasteiger partial charge is 0.408 e. The highest BCUT2D eigenvalue weighted by atomic mass is 35.5. The zero-order chi connectivity index (χ0) is 20.9. The summed E-state index contributed by atoms with van der Waals surface area (Å²) < 4.78 is 5.11. The second kappa shape index (κ2) is 9.47. The Morgan fingerprint density at radius 1 is 1.14 bits per heavy atom. The maximum absolute atomic E-state index is 12.3. The van der Waals surface area contributed by atoms with Gasteiger partial charge in [0.1, 0.15) is 12.1 Å². The Morgan fingerprint density at radius 2 is 1.79 bits per heavy atom. The highest BCUT2D eigenvalue weighted by Gasteiger charge is 2.25. The number of carbonyl (C=O) groups excluding carboxylic acids is 3. The van der Waals surface area contributed by atoms with E-state index in [1.165, 1.54) is 6.07 Å². The Balaban J connectivity index is 1.76. The van der Waals surface area contributed by atoms with E-state index in [2.05, 4.69) is 10.6 Å². The van der Waals surface area contributed by atoms with Crippen molar-refractivity contribution in [3.05, 3.63) is 33.8 Å². The number of hydrogen-bond acceptors (Lipinski definition) is 4. The number of halogens is 2. The molecule has 1 saturated heterocycles. The van der Waals surface area contributed by atoms with Crippen molar-refractivity contribution in [3.8, 4) is 0 Å². The number of ether oxygens (including phenoxy) is 1. The summed E-state index contributed by atoms with van der Waals surface area (Å²) in [5, 5.41) is 6.13. The lowest BCUT2D eigenvalue weighted by molar-refractivity contribution is -0.131. The number of hydrogen-bond donors (Lipinski definition) is 2. The summed E-state index contributed by atoms with van der Waals surface area (Å²) in [5.41, 5.74) is -0.174. The Hall–Kier alpha value is -1.99. The fourth-order valence-electron chi connectivity index (χ4n) is 2.75. The van der Waals surface area contributed by atoms with Crippen molar-refractivity contribution in [2.75, 3.05) is 19.6 Å². The van der Waals surface area contributed by atoms with E-state index >= 15 is 0 Å². The molecule has 1 aliphatic rings. The number of likely N-dealkylation sites (tertiary alicyclic amines) is 1. The van der Waals surface area contributed by atoms with Crippen LogP contribution in [0.4, 0.5) is 4.79 Å². The van der Waals surface area contributed by atoms with Gasteiger partial charge in [-0.05, 0) is 51.8 Å². The average molecular weight is 430 g/mol. The standard InChI is InChI=1S/C19H25Cl2N3O4/c1-19(2,3)28-18(27)22-11-16(25)24-8-6-13(7-9-24)23-17(26)12-4-5-14(20)15(21)10-12/h4-5,10,13H,6-9,11H2,1-3H3,(H,22,27)(H,23,26). The van der Waals surface area contributed by atoms with Crippen LogP contribution in [0.2, 0.25) is 10.0 Å². The minimum absolute atomic E-state index is 0.0372. The highest BCUT2D eigenvalue weighted by molar-refractivity contribution is 6.42. The van der Waals surface area contributed by atoms with Crippen LogP contribution in [0.15, 0.2) is 18.2 Å². The third-order valence-electron chi connectivity index (χ3n) is 4.15. The molecule has 3 amide bonds. The zero-order valence-corrected chi connectivity index (χ0v) is 17.7. The molecule has 7 nitrogen and oxygen atoms in total. The molecular formula is C19H25Cl2N3O4. The monoisotopic (exact) mass is 429 g/mol. The van der Waals surface area contributed by atoms with Gasteiger partial charge in [0.25, 0.3) is 5.91 Å². The van der Waals surface area contributed by atoms with Crippen molar-refractivity contribution in [2.45, 2.75) is 45.3 Å². The van der Waals surface area contributed by atoms with Gasteiger partial charge in [-0.3, -0.25) is 9.59 Å². The Kier molecular flexibility index (Phi) is 7.55. The Morgan fingerprint density at radius 3 is 2.36 bits per heavy atom. The molecule has 9 heteroatoms. The molecule has 1 fully saturated rings. The molecule has 1 aliphatic heterocycles. The first-order valence-corrected chi connectivity index (χ1v) is 9.81. The predicted octanol–water partition coefficient (Wildman–Crippen LogP) is 3.24. The van der Waals surface area contributed by atoms with Crippen LogP contribution in [0, 0.1) is 0 Å². The largest absolute Gasteiger partial charge is 0.444 e. The van der Waals surface area contributed by atoms with Gasteiger partial charge in [0, 0.05) is 24.7 Å². The first kappa shape index (κ1) is 22.3. The lowest BCUT2D eigenvalue weighted by Gasteiger charge is -2.32. The average Bonchev–Trinajstić information content (AvgIpc) is 2.61. The van der Waals surface area contributed by atoms with Crippen LogP contribution >= 0.6 is 23.2 Å². The molecule has 28 heavy (non-hydrogen) atoms. The van der Waals surface area contributed by atoms with Gasteiger partial charge in [0.2, 0.25) is 5.91 Å². The summed E-state index contributed by atoms with van der Waals surface area (Å²) in [4.78, 5) is 37.9. The molecule has 0 bridgehead atoms. The van der Waals surface area contributed by atoms with Crippen LogP contribution in [0.3, 0.4) is 0 Å². The van der Waals surface area contributed by atoms with E-state index in [0.717, 1.165) is 0 Å². The van der Waals surface area contributed by atoms with Gasteiger partial charge in [-0.25, -0.2) is 4.79 Å². The Labute approximate surface area is 174 Å². The van der Waals surface area contributed by atoms with Crippen LogP contribution < -0.4 is 10.6 Å². The van der Waals surface area contributed by atoms with Gasteiger partial charge >= 0.3 is 6.09 Å². The molecule has 0 radical (unpaired) electrons. The van der Waals surface area contributed by atoms with Gasteiger partial charge in [-0.2, -0.15) is 0 Å². The number of nitrogens with zero attached hydrogens (tertiary/aromatic N) is 1.